The summed E-state index contributed by atoms with van der Waals surface area (Å²) in [5, 5.41) is 13.6. The zero-order chi connectivity index (χ0) is 15.6. The number of rotatable bonds is 6. The zero-order valence-corrected chi connectivity index (χ0v) is 13.0. The summed E-state index contributed by atoms with van der Waals surface area (Å²) in [6, 6.07) is 7.57. The number of hydrogen-bond acceptors (Lipinski definition) is 4. The first-order chi connectivity index (χ1) is 10.6. The van der Waals surface area contributed by atoms with Crippen LogP contribution >= 0.6 is 0 Å². The van der Waals surface area contributed by atoms with Crippen molar-refractivity contribution in [3.63, 3.8) is 0 Å². The Labute approximate surface area is 130 Å². The molecule has 1 aliphatic rings. The number of benzene rings is 1. The molecule has 0 unspecified atom stereocenters. The van der Waals surface area contributed by atoms with Gasteiger partial charge < -0.3 is 10.4 Å². The lowest BCUT2D eigenvalue weighted by Gasteiger charge is -2.41. The summed E-state index contributed by atoms with van der Waals surface area (Å²) < 4.78 is 1.66. The van der Waals surface area contributed by atoms with Crippen molar-refractivity contribution < 1.29 is 5.11 Å². The normalized spacial score (nSPS) is 18.1. The Morgan fingerprint density at radius 3 is 2.86 bits per heavy atom. The fraction of sp³-hybridized carbons (Fsp3) is 0.529. The lowest BCUT2D eigenvalue weighted by molar-refractivity contribution is 0.0420. The van der Waals surface area contributed by atoms with E-state index < -0.39 is 0 Å². The van der Waals surface area contributed by atoms with Crippen molar-refractivity contribution >= 4 is 10.9 Å². The van der Waals surface area contributed by atoms with Gasteiger partial charge in [-0.3, -0.25) is 9.36 Å². The van der Waals surface area contributed by atoms with Crippen molar-refractivity contribution in [1.82, 2.24) is 14.9 Å². The molecule has 3 rings (SSSR count). The summed E-state index contributed by atoms with van der Waals surface area (Å²) in [5.74, 6) is 0. The van der Waals surface area contributed by atoms with Crippen LogP contribution < -0.4 is 10.9 Å². The van der Waals surface area contributed by atoms with Crippen molar-refractivity contribution in [3.05, 3.63) is 40.9 Å². The second-order valence-corrected chi connectivity index (χ2v) is 6.51. The van der Waals surface area contributed by atoms with Crippen molar-refractivity contribution in [2.45, 2.75) is 38.8 Å². The van der Waals surface area contributed by atoms with E-state index in [-0.39, 0.29) is 23.6 Å². The van der Waals surface area contributed by atoms with E-state index in [9.17, 15) is 9.90 Å². The number of aromatic nitrogens is 2. The lowest BCUT2D eigenvalue weighted by atomic mass is 9.69. The Balaban J connectivity index is 1.67. The SMILES string of the molecule is C[C@@H](Cn1cnc2ccccc2c1=O)NCC1(CO)CCC1. The van der Waals surface area contributed by atoms with Gasteiger partial charge in [0.25, 0.3) is 5.56 Å². The average Bonchev–Trinajstić information content (AvgIpc) is 2.50. The minimum Gasteiger partial charge on any atom is -0.396 e. The molecule has 5 heteroatoms. The fourth-order valence-corrected chi connectivity index (χ4v) is 3.05. The molecule has 1 fully saturated rings. The van der Waals surface area contributed by atoms with E-state index in [0.29, 0.717) is 11.9 Å². The van der Waals surface area contributed by atoms with Gasteiger partial charge in [-0.05, 0) is 31.9 Å². The van der Waals surface area contributed by atoms with Crippen LogP contribution in [0, 0.1) is 5.41 Å². The minimum absolute atomic E-state index is 0.000217. The van der Waals surface area contributed by atoms with Gasteiger partial charge in [0.1, 0.15) is 0 Å². The molecule has 1 saturated carbocycles. The third-order valence-corrected chi connectivity index (χ3v) is 4.78. The topological polar surface area (TPSA) is 67.2 Å². The Bertz CT molecular complexity index is 701. The molecule has 1 aliphatic carbocycles. The summed E-state index contributed by atoms with van der Waals surface area (Å²) in [6.45, 7) is 3.69. The van der Waals surface area contributed by atoms with Crippen LogP contribution in [0.1, 0.15) is 26.2 Å². The fourth-order valence-electron chi connectivity index (χ4n) is 3.05. The van der Waals surface area contributed by atoms with Crippen molar-refractivity contribution in [3.8, 4) is 0 Å². The number of nitrogens with one attached hydrogen (secondary N) is 1. The molecule has 5 nitrogen and oxygen atoms in total. The third kappa shape index (κ3) is 2.91. The maximum atomic E-state index is 12.4. The van der Waals surface area contributed by atoms with Crippen LogP contribution in [0.15, 0.2) is 35.4 Å². The molecule has 1 atom stereocenters. The lowest BCUT2D eigenvalue weighted by Crippen LogP contribution is -2.46. The van der Waals surface area contributed by atoms with Gasteiger partial charge in [-0.15, -0.1) is 0 Å². The Kier molecular flexibility index (Phi) is 4.27. The highest BCUT2D eigenvalue weighted by Crippen LogP contribution is 2.39. The van der Waals surface area contributed by atoms with Crippen LogP contribution in [0.2, 0.25) is 0 Å². The molecule has 0 amide bonds. The highest BCUT2D eigenvalue weighted by atomic mass is 16.3. The quantitative estimate of drug-likeness (QED) is 0.849. The van der Waals surface area contributed by atoms with Gasteiger partial charge in [0.05, 0.1) is 17.2 Å². The number of aliphatic hydroxyl groups is 1. The van der Waals surface area contributed by atoms with Crippen molar-refractivity contribution in [2.75, 3.05) is 13.2 Å². The minimum atomic E-state index is -0.000217. The molecule has 2 N–H and O–H groups in total. The molecular formula is C17H23N3O2. The molecule has 0 saturated heterocycles. The Hall–Kier alpha value is -1.72. The summed E-state index contributed by atoms with van der Waals surface area (Å²) in [7, 11) is 0. The molecule has 1 heterocycles. The predicted octanol–water partition coefficient (Wildman–Crippen LogP) is 1.54. The molecular weight excluding hydrogens is 278 g/mol. The average molecular weight is 301 g/mol. The first-order valence-corrected chi connectivity index (χ1v) is 7.92. The number of para-hydroxylation sites is 1. The summed E-state index contributed by atoms with van der Waals surface area (Å²) in [5.41, 5.74) is 0.791. The second kappa shape index (κ2) is 6.18. The molecule has 118 valence electrons. The number of aliphatic hydroxyl groups excluding tert-OH is 1. The van der Waals surface area contributed by atoms with Gasteiger partial charge in [0.2, 0.25) is 0 Å². The van der Waals surface area contributed by atoms with E-state index in [2.05, 4.69) is 17.2 Å². The largest absolute Gasteiger partial charge is 0.396 e. The van der Waals surface area contributed by atoms with Crippen LogP contribution in [0.4, 0.5) is 0 Å². The first-order valence-electron chi connectivity index (χ1n) is 7.92. The maximum Gasteiger partial charge on any atom is 0.261 e. The monoisotopic (exact) mass is 301 g/mol. The van der Waals surface area contributed by atoms with Gasteiger partial charge in [-0.1, -0.05) is 18.6 Å². The maximum absolute atomic E-state index is 12.4. The van der Waals surface area contributed by atoms with Gasteiger partial charge in [0.15, 0.2) is 0 Å². The van der Waals surface area contributed by atoms with E-state index in [1.54, 1.807) is 10.9 Å². The van der Waals surface area contributed by atoms with Crippen LogP contribution in [-0.4, -0.2) is 33.9 Å². The Morgan fingerprint density at radius 1 is 1.41 bits per heavy atom. The second-order valence-electron chi connectivity index (χ2n) is 6.51. The molecule has 0 radical (unpaired) electrons. The molecule has 0 aliphatic heterocycles. The predicted molar refractivity (Wildman–Crippen MR) is 86.8 cm³/mol. The van der Waals surface area contributed by atoms with E-state index in [4.69, 9.17) is 0 Å². The van der Waals surface area contributed by atoms with Gasteiger partial charge >= 0.3 is 0 Å². The smallest absolute Gasteiger partial charge is 0.261 e. The molecule has 1 aromatic carbocycles. The molecule has 22 heavy (non-hydrogen) atoms. The van der Waals surface area contributed by atoms with Crippen molar-refractivity contribution in [2.24, 2.45) is 5.41 Å². The number of hydrogen-bond donors (Lipinski definition) is 2. The van der Waals surface area contributed by atoms with E-state index in [0.717, 1.165) is 24.9 Å². The van der Waals surface area contributed by atoms with Crippen LogP contribution in [0.25, 0.3) is 10.9 Å². The third-order valence-electron chi connectivity index (χ3n) is 4.78. The molecule has 0 bridgehead atoms. The van der Waals surface area contributed by atoms with E-state index >= 15 is 0 Å². The Morgan fingerprint density at radius 2 is 2.18 bits per heavy atom. The van der Waals surface area contributed by atoms with Crippen LogP contribution in [0.3, 0.4) is 0 Å². The van der Waals surface area contributed by atoms with E-state index in [1.165, 1.54) is 6.42 Å². The van der Waals surface area contributed by atoms with Gasteiger partial charge in [-0.2, -0.15) is 0 Å². The first kappa shape index (κ1) is 15.2. The summed E-state index contributed by atoms with van der Waals surface area (Å²) >= 11 is 0. The molecule has 1 aromatic heterocycles. The van der Waals surface area contributed by atoms with Crippen LogP contribution in [0.5, 0.6) is 0 Å². The highest BCUT2D eigenvalue weighted by Gasteiger charge is 2.36. The zero-order valence-electron chi connectivity index (χ0n) is 13.0. The number of nitrogens with zero attached hydrogens (tertiary/aromatic N) is 2. The standard InChI is InChI=1S/C17H23N3O2/c1-13(18-10-17(11-21)7-4-8-17)9-20-12-19-15-6-3-2-5-14(15)16(20)22/h2-3,5-6,12-13,18,21H,4,7-11H2,1H3/t13-/m0/s1. The van der Waals surface area contributed by atoms with Crippen LogP contribution in [-0.2, 0) is 6.54 Å². The van der Waals surface area contributed by atoms with Gasteiger partial charge in [0, 0.05) is 31.2 Å². The highest BCUT2D eigenvalue weighted by molar-refractivity contribution is 5.76. The van der Waals surface area contributed by atoms with Crippen molar-refractivity contribution in [1.29, 1.82) is 0 Å². The molecule has 2 aromatic rings. The summed E-state index contributed by atoms with van der Waals surface area (Å²) in [6.07, 6.45) is 4.99. The van der Waals surface area contributed by atoms with Gasteiger partial charge in [-0.25, -0.2) is 4.98 Å². The van der Waals surface area contributed by atoms with E-state index in [1.807, 2.05) is 24.3 Å². The molecule has 0 spiro atoms. The number of fused-ring (bicyclic) bond motifs is 1. The summed E-state index contributed by atoms with van der Waals surface area (Å²) in [4.78, 5) is 16.8.